The summed E-state index contributed by atoms with van der Waals surface area (Å²) in [6, 6.07) is 6.64. The second-order valence-corrected chi connectivity index (χ2v) is 4.14. The minimum Gasteiger partial charge on any atom is -0.282 e. The van der Waals surface area contributed by atoms with E-state index >= 15 is 0 Å². The highest BCUT2D eigenvalue weighted by atomic mass is 15.1. The highest BCUT2D eigenvalue weighted by Crippen LogP contribution is 2.26. The minimum absolute atomic E-state index is 0.673. The number of aryl methyl sites for hydroxylation is 1. The Morgan fingerprint density at radius 2 is 2.00 bits per heavy atom. The van der Waals surface area contributed by atoms with Crippen molar-refractivity contribution in [1.29, 1.82) is 0 Å². The number of aromatic nitrogens is 2. The normalized spacial score (nSPS) is 11.5. The Balaban J connectivity index is 2.46. The molecular formula is C13H18N2. The fourth-order valence-corrected chi connectivity index (χ4v) is 2.18. The summed E-state index contributed by atoms with van der Waals surface area (Å²) in [6.45, 7) is 6.55. The lowest BCUT2D eigenvalue weighted by Gasteiger charge is -2.12. The molecule has 1 aromatic heterocycles. The molecule has 1 N–H and O–H groups in total. The molecule has 0 radical (unpaired) electrons. The molecule has 0 bridgehead atoms. The number of H-pyrrole nitrogens is 1. The molecule has 0 aliphatic rings. The summed E-state index contributed by atoms with van der Waals surface area (Å²) in [6.07, 6.45) is 2.40. The molecule has 2 nitrogen and oxygen atoms in total. The van der Waals surface area contributed by atoms with Crippen LogP contribution in [0.2, 0.25) is 0 Å². The van der Waals surface area contributed by atoms with Crippen molar-refractivity contribution in [2.24, 2.45) is 0 Å². The fraction of sp³-hybridized carbons (Fsp3) is 0.462. The van der Waals surface area contributed by atoms with E-state index in [1.54, 1.807) is 0 Å². The van der Waals surface area contributed by atoms with Crippen LogP contribution in [0.1, 0.15) is 43.9 Å². The number of fused-ring (bicyclic) bond motifs is 1. The van der Waals surface area contributed by atoms with Crippen LogP contribution < -0.4 is 0 Å². The van der Waals surface area contributed by atoms with E-state index in [0.29, 0.717) is 5.92 Å². The molecular weight excluding hydrogens is 184 g/mol. The van der Waals surface area contributed by atoms with Gasteiger partial charge in [0, 0.05) is 11.1 Å². The smallest absolute Gasteiger partial charge is 0.0926 e. The molecule has 0 spiro atoms. The first kappa shape index (κ1) is 10.2. The van der Waals surface area contributed by atoms with Gasteiger partial charge in [0.05, 0.1) is 5.52 Å². The zero-order valence-electron chi connectivity index (χ0n) is 9.67. The minimum atomic E-state index is 0.673. The molecule has 0 atom stereocenters. The molecule has 2 aromatic rings. The zero-order valence-corrected chi connectivity index (χ0v) is 9.67. The molecule has 80 valence electrons. The molecule has 0 aliphatic carbocycles. The van der Waals surface area contributed by atoms with Crippen molar-refractivity contribution >= 4 is 10.9 Å². The molecule has 0 saturated heterocycles. The maximum absolute atomic E-state index is 4.30. The van der Waals surface area contributed by atoms with Gasteiger partial charge in [0.2, 0.25) is 0 Å². The van der Waals surface area contributed by atoms with Crippen LogP contribution in [0.25, 0.3) is 10.9 Å². The van der Waals surface area contributed by atoms with Crippen LogP contribution in [0.4, 0.5) is 0 Å². The van der Waals surface area contributed by atoms with Gasteiger partial charge in [-0.25, -0.2) is 0 Å². The largest absolute Gasteiger partial charge is 0.282 e. The summed E-state index contributed by atoms with van der Waals surface area (Å²) in [7, 11) is 0. The lowest BCUT2D eigenvalue weighted by atomic mass is 9.93. The Morgan fingerprint density at radius 1 is 1.27 bits per heavy atom. The third-order valence-electron chi connectivity index (χ3n) is 3.23. The lowest BCUT2D eigenvalue weighted by molar-refractivity contribution is 0.642. The molecule has 0 fully saturated rings. The van der Waals surface area contributed by atoms with Gasteiger partial charge in [0.1, 0.15) is 0 Å². The number of nitrogens with zero attached hydrogens (tertiary/aromatic N) is 1. The Bertz CT molecular complexity index is 453. The van der Waals surface area contributed by atoms with Crippen molar-refractivity contribution in [2.75, 3.05) is 0 Å². The number of rotatable bonds is 3. The Labute approximate surface area is 90.7 Å². The second-order valence-electron chi connectivity index (χ2n) is 4.14. The van der Waals surface area contributed by atoms with Crippen LogP contribution in [0.3, 0.4) is 0 Å². The molecule has 1 aromatic carbocycles. The summed E-state index contributed by atoms with van der Waals surface area (Å²) in [5, 5.41) is 8.57. The van der Waals surface area contributed by atoms with Crippen molar-refractivity contribution in [1.82, 2.24) is 10.2 Å². The summed E-state index contributed by atoms with van der Waals surface area (Å²) >= 11 is 0. The second kappa shape index (κ2) is 4.05. The average Bonchev–Trinajstić information content (AvgIpc) is 2.62. The summed E-state index contributed by atoms with van der Waals surface area (Å²) < 4.78 is 0. The highest BCUT2D eigenvalue weighted by Gasteiger charge is 2.09. The molecule has 0 amide bonds. The van der Waals surface area contributed by atoms with Gasteiger partial charge >= 0.3 is 0 Å². The first-order valence-electron chi connectivity index (χ1n) is 5.70. The van der Waals surface area contributed by atoms with Crippen LogP contribution in [0.15, 0.2) is 18.2 Å². The number of hydrogen-bond acceptors (Lipinski definition) is 1. The van der Waals surface area contributed by atoms with Gasteiger partial charge in [-0.05, 0) is 37.3 Å². The van der Waals surface area contributed by atoms with Crippen LogP contribution in [0, 0.1) is 6.92 Å². The van der Waals surface area contributed by atoms with Gasteiger partial charge in [0.15, 0.2) is 0 Å². The quantitative estimate of drug-likeness (QED) is 0.806. The van der Waals surface area contributed by atoms with E-state index in [-0.39, 0.29) is 0 Å². The van der Waals surface area contributed by atoms with Gasteiger partial charge < -0.3 is 0 Å². The molecule has 0 unspecified atom stereocenters. The predicted octanol–water partition coefficient (Wildman–Crippen LogP) is 3.77. The van der Waals surface area contributed by atoms with Crippen molar-refractivity contribution in [3.63, 3.8) is 0 Å². The third-order valence-corrected chi connectivity index (χ3v) is 3.23. The number of aromatic amines is 1. The molecule has 0 aliphatic heterocycles. The van der Waals surface area contributed by atoms with Crippen LogP contribution >= 0.6 is 0 Å². The summed E-state index contributed by atoms with van der Waals surface area (Å²) in [5.74, 6) is 0.673. The first-order chi connectivity index (χ1) is 7.26. The van der Waals surface area contributed by atoms with E-state index in [1.807, 2.05) is 0 Å². The van der Waals surface area contributed by atoms with Crippen molar-refractivity contribution in [3.8, 4) is 0 Å². The summed E-state index contributed by atoms with van der Waals surface area (Å²) in [4.78, 5) is 0. The molecule has 1 heterocycles. The Hall–Kier alpha value is -1.31. The van der Waals surface area contributed by atoms with Crippen molar-refractivity contribution in [2.45, 2.75) is 39.5 Å². The number of benzene rings is 1. The molecule has 0 saturated carbocycles. The van der Waals surface area contributed by atoms with E-state index in [2.05, 4.69) is 49.2 Å². The maximum Gasteiger partial charge on any atom is 0.0926 e. The van der Waals surface area contributed by atoms with E-state index < -0.39 is 0 Å². The topological polar surface area (TPSA) is 28.7 Å². The third kappa shape index (κ3) is 1.76. The monoisotopic (exact) mass is 202 g/mol. The van der Waals surface area contributed by atoms with E-state index in [9.17, 15) is 0 Å². The van der Waals surface area contributed by atoms with Crippen LogP contribution in [0.5, 0.6) is 0 Å². The van der Waals surface area contributed by atoms with Gasteiger partial charge in [0.25, 0.3) is 0 Å². The molecule has 2 rings (SSSR count). The Morgan fingerprint density at radius 3 is 2.67 bits per heavy atom. The number of hydrogen-bond donors (Lipinski definition) is 1. The van der Waals surface area contributed by atoms with Crippen LogP contribution in [-0.4, -0.2) is 10.2 Å². The van der Waals surface area contributed by atoms with E-state index in [0.717, 1.165) is 11.2 Å². The first-order valence-corrected chi connectivity index (χ1v) is 5.70. The zero-order chi connectivity index (χ0) is 10.8. The Kier molecular flexibility index (Phi) is 2.76. The molecule has 2 heteroatoms. The number of nitrogens with one attached hydrogen (secondary N) is 1. The predicted molar refractivity (Wildman–Crippen MR) is 64.2 cm³/mol. The average molecular weight is 202 g/mol. The van der Waals surface area contributed by atoms with Crippen LogP contribution in [-0.2, 0) is 0 Å². The van der Waals surface area contributed by atoms with Gasteiger partial charge in [-0.3, -0.25) is 5.10 Å². The standard InChI is InChI=1S/C13H18N2/c1-4-10(5-2)11-6-7-12-9(3)14-15-13(12)8-11/h6-8,10H,4-5H2,1-3H3,(H,14,15). The van der Waals surface area contributed by atoms with Crippen molar-refractivity contribution < 1.29 is 0 Å². The maximum atomic E-state index is 4.30. The van der Waals surface area contributed by atoms with Crippen molar-refractivity contribution in [3.05, 3.63) is 29.5 Å². The lowest BCUT2D eigenvalue weighted by Crippen LogP contribution is -1.94. The van der Waals surface area contributed by atoms with Gasteiger partial charge in [-0.15, -0.1) is 0 Å². The van der Waals surface area contributed by atoms with Gasteiger partial charge in [-0.2, -0.15) is 5.10 Å². The summed E-state index contributed by atoms with van der Waals surface area (Å²) in [5.41, 5.74) is 3.66. The molecule has 15 heavy (non-hydrogen) atoms. The fourth-order valence-electron chi connectivity index (χ4n) is 2.18. The van der Waals surface area contributed by atoms with E-state index in [4.69, 9.17) is 0 Å². The SMILES string of the molecule is CCC(CC)c1ccc2c(C)[nH]nc2c1. The highest BCUT2D eigenvalue weighted by molar-refractivity contribution is 5.81. The van der Waals surface area contributed by atoms with E-state index in [1.165, 1.54) is 23.8 Å². The van der Waals surface area contributed by atoms with Gasteiger partial charge in [-0.1, -0.05) is 26.0 Å².